The second-order valence-electron chi connectivity index (χ2n) is 5.19. The zero-order chi connectivity index (χ0) is 17.3. The van der Waals surface area contributed by atoms with Crippen molar-refractivity contribution in [2.75, 3.05) is 12.9 Å². The Morgan fingerprint density at radius 2 is 2.28 bits per heavy atom. The van der Waals surface area contributed by atoms with Crippen LogP contribution in [0.3, 0.4) is 0 Å². The summed E-state index contributed by atoms with van der Waals surface area (Å²) in [5.41, 5.74) is 0. The molecule has 1 aromatic rings. The number of β-lactam (4-membered cyclic amide) rings is 1. The van der Waals surface area contributed by atoms with Gasteiger partial charge in [-0.05, 0) is 11.4 Å². The number of fused-ring (bicyclic) bond motifs is 1. The summed E-state index contributed by atoms with van der Waals surface area (Å²) in [4.78, 5) is 41.9. The number of thioether (sulfide) groups is 1. The number of nitrogens with zero attached hydrogens (tertiary/aromatic N) is 2. The van der Waals surface area contributed by atoms with Crippen molar-refractivity contribution in [1.82, 2.24) is 10.2 Å². The first-order valence-electron chi connectivity index (χ1n) is 7.10. The van der Waals surface area contributed by atoms with E-state index in [0.717, 1.165) is 4.88 Å². The summed E-state index contributed by atoms with van der Waals surface area (Å²) in [5.74, 6) is -1.33. The van der Waals surface area contributed by atoms with Gasteiger partial charge in [-0.3, -0.25) is 14.5 Å². The Labute approximate surface area is 174 Å². The van der Waals surface area contributed by atoms with Crippen molar-refractivity contribution in [2.24, 2.45) is 4.99 Å². The van der Waals surface area contributed by atoms with E-state index in [1.54, 1.807) is 0 Å². The van der Waals surface area contributed by atoms with Crippen LogP contribution in [0.4, 0.5) is 0 Å². The molecular weight excluding hydrogens is 377 g/mol. The van der Waals surface area contributed by atoms with Crippen LogP contribution in [0, 0.1) is 0 Å². The van der Waals surface area contributed by atoms with E-state index >= 15 is 0 Å². The van der Waals surface area contributed by atoms with Crippen molar-refractivity contribution in [2.45, 2.75) is 24.0 Å². The van der Waals surface area contributed by atoms with Crippen molar-refractivity contribution in [1.29, 1.82) is 0 Å². The SMILES string of the molecule is COC1=N[C@@H](C(=O)O)N2C(=O)C(NC(=O)Cc3cccs3)C2SC1.[NaH]. The van der Waals surface area contributed by atoms with Crippen LogP contribution in [0.25, 0.3) is 0 Å². The molecule has 11 heteroatoms. The Balaban J connectivity index is 0.00000225. The molecule has 0 bridgehead atoms. The molecule has 8 nitrogen and oxygen atoms in total. The maximum absolute atomic E-state index is 12.3. The van der Waals surface area contributed by atoms with Crippen LogP contribution in [0.2, 0.25) is 0 Å². The molecule has 25 heavy (non-hydrogen) atoms. The Hall–Kier alpha value is -1.07. The topological polar surface area (TPSA) is 108 Å². The minimum absolute atomic E-state index is 0. The fourth-order valence-electron chi connectivity index (χ4n) is 2.53. The number of nitrogens with one attached hydrogen (secondary N) is 1. The second-order valence-corrected chi connectivity index (χ2v) is 7.32. The zero-order valence-corrected chi connectivity index (χ0v) is 14.3. The van der Waals surface area contributed by atoms with Crippen LogP contribution in [0.1, 0.15) is 4.88 Å². The summed E-state index contributed by atoms with van der Waals surface area (Å²) in [5, 5.41) is 13.4. The Kier molecular flexibility index (Phi) is 6.92. The van der Waals surface area contributed by atoms with Crippen LogP contribution >= 0.6 is 23.1 Å². The number of methoxy groups -OCH3 is 1. The molecule has 3 rings (SSSR count). The van der Waals surface area contributed by atoms with Gasteiger partial charge < -0.3 is 15.2 Å². The number of rotatable bonds is 4. The van der Waals surface area contributed by atoms with Crippen molar-refractivity contribution >= 4 is 76.3 Å². The van der Waals surface area contributed by atoms with Gasteiger partial charge in [0.1, 0.15) is 11.4 Å². The number of carboxylic acid groups (broad SMARTS) is 1. The van der Waals surface area contributed by atoms with Crippen LogP contribution in [-0.4, -0.2) is 93.7 Å². The predicted molar refractivity (Wildman–Crippen MR) is 96.1 cm³/mol. The predicted octanol–water partition coefficient (Wildman–Crippen LogP) is -0.502. The van der Waals surface area contributed by atoms with Crippen LogP contribution in [-0.2, 0) is 25.5 Å². The number of aliphatic imine (C=N–C) groups is 1. The van der Waals surface area contributed by atoms with E-state index in [0.29, 0.717) is 5.75 Å². The van der Waals surface area contributed by atoms with E-state index in [-0.39, 0.29) is 47.8 Å². The first-order valence-corrected chi connectivity index (χ1v) is 9.03. The van der Waals surface area contributed by atoms with Gasteiger partial charge in [0.2, 0.25) is 12.1 Å². The molecule has 0 aromatic carbocycles. The molecule has 130 valence electrons. The van der Waals surface area contributed by atoms with Crippen molar-refractivity contribution in [3.8, 4) is 0 Å². The summed E-state index contributed by atoms with van der Waals surface area (Å²) in [6, 6.07) is 2.96. The summed E-state index contributed by atoms with van der Waals surface area (Å²) >= 11 is 2.79. The van der Waals surface area contributed by atoms with Gasteiger partial charge in [-0.25, -0.2) is 9.79 Å². The fourth-order valence-corrected chi connectivity index (χ4v) is 4.50. The fraction of sp³-hybridized carbons (Fsp3) is 0.429. The van der Waals surface area contributed by atoms with Crippen LogP contribution in [0.5, 0.6) is 0 Å². The second kappa shape index (κ2) is 8.54. The van der Waals surface area contributed by atoms with E-state index in [1.807, 2.05) is 17.5 Å². The van der Waals surface area contributed by atoms with Gasteiger partial charge in [-0.1, -0.05) is 6.07 Å². The van der Waals surface area contributed by atoms with E-state index in [4.69, 9.17) is 4.74 Å². The minimum atomic E-state index is -1.32. The Morgan fingerprint density at radius 3 is 2.88 bits per heavy atom. The third-order valence-electron chi connectivity index (χ3n) is 3.68. The average Bonchev–Trinajstić information content (AvgIpc) is 2.98. The van der Waals surface area contributed by atoms with E-state index in [1.165, 1.54) is 35.1 Å². The number of ether oxygens (including phenoxy) is 1. The van der Waals surface area contributed by atoms with E-state index in [9.17, 15) is 19.5 Å². The number of hydrogen-bond donors (Lipinski definition) is 2. The summed E-state index contributed by atoms with van der Waals surface area (Å²) in [7, 11) is 1.41. The normalized spacial score (nSPS) is 24.8. The molecule has 2 amide bonds. The summed E-state index contributed by atoms with van der Waals surface area (Å²) in [6.45, 7) is 0. The maximum atomic E-state index is 12.3. The third kappa shape index (κ3) is 4.20. The molecule has 2 unspecified atom stereocenters. The number of amides is 2. The zero-order valence-electron chi connectivity index (χ0n) is 12.7. The quantitative estimate of drug-likeness (QED) is 0.527. The molecule has 2 N–H and O–H groups in total. The van der Waals surface area contributed by atoms with Crippen LogP contribution in [0.15, 0.2) is 22.5 Å². The molecule has 1 fully saturated rings. The van der Waals surface area contributed by atoms with Gasteiger partial charge in [-0.15, -0.1) is 23.1 Å². The molecule has 3 heterocycles. The number of hydrogen-bond acceptors (Lipinski definition) is 7. The van der Waals surface area contributed by atoms with E-state index in [2.05, 4.69) is 10.3 Å². The van der Waals surface area contributed by atoms with Gasteiger partial charge in [0.15, 0.2) is 5.90 Å². The van der Waals surface area contributed by atoms with E-state index < -0.39 is 29.5 Å². The first kappa shape index (κ1) is 20.2. The third-order valence-corrected chi connectivity index (χ3v) is 5.81. The number of carbonyl (C=O) groups is 3. The molecule has 3 atom stereocenters. The summed E-state index contributed by atoms with van der Waals surface area (Å²) in [6.07, 6.45) is -1.13. The number of aliphatic carboxylic acids is 1. The van der Waals surface area contributed by atoms with Gasteiger partial charge in [0, 0.05) is 4.88 Å². The van der Waals surface area contributed by atoms with Gasteiger partial charge in [0.05, 0.1) is 19.3 Å². The molecule has 2 aliphatic rings. The molecule has 0 spiro atoms. The number of thiophene rings is 1. The molecule has 2 aliphatic heterocycles. The molecule has 0 radical (unpaired) electrons. The van der Waals surface area contributed by atoms with Gasteiger partial charge in [-0.2, -0.15) is 0 Å². The van der Waals surface area contributed by atoms with Crippen LogP contribution < -0.4 is 5.32 Å². The van der Waals surface area contributed by atoms with Gasteiger partial charge in [0.25, 0.3) is 5.91 Å². The standard InChI is InChI=1S/C14H15N3O5S2.Na.H/c1-22-9-6-24-13-10(12(19)17(13)11(16-9)14(20)21)15-8(18)5-7-3-2-4-23-7;;/h2-4,10-11,13H,5-6H2,1H3,(H,15,18)(H,20,21);;/t10?,11-,13?;;/m1../s1. The Morgan fingerprint density at radius 1 is 1.52 bits per heavy atom. The van der Waals surface area contributed by atoms with Crippen molar-refractivity contribution in [3.63, 3.8) is 0 Å². The average molecular weight is 393 g/mol. The van der Waals surface area contributed by atoms with Gasteiger partial charge >= 0.3 is 35.5 Å². The summed E-state index contributed by atoms with van der Waals surface area (Å²) < 4.78 is 5.04. The molecular formula is C14H16N3NaO5S2. The Bertz CT molecular complexity index is 697. The molecule has 1 aromatic heterocycles. The van der Waals surface area contributed by atoms with Crippen molar-refractivity contribution < 1.29 is 24.2 Å². The number of carboxylic acids is 1. The first-order chi connectivity index (χ1) is 11.5. The molecule has 1 saturated heterocycles. The van der Waals surface area contributed by atoms with Crippen molar-refractivity contribution in [3.05, 3.63) is 22.4 Å². The number of carbonyl (C=O) groups excluding carboxylic acids is 2. The molecule has 0 aliphatic carbocycles. The monoisotopic (exact) mass is 393 g/mol. The molecule has 0 saturated carbocycles.